The second-order valence-electron chi connectivity index (χ2n) is 7.61. The van der Waals surface area contributed by atoms with E-state index in [1.807, 2.05) is 25.1 Å². The van der Waals surface area contributed by atoms with Gasteiger partial charge in [0.2, 0.25) is 5.91 Å². The molecule has 1 atom stereocenters. The number of nitrogens with one attached hydrogen (secondary N) is 1. The van der Waals surface area contributed by atoms with Gasteiger partial charge in [0.05, 0.1) is 22.4 Å². The van der Waals surface area contributed by atoms with Gasteiger partial charge in [-0.1, -0.05) is 41.9 Å². The number of thiazole rings is 1. The van der Waals surface area contributed by atoms with E-state index in [9.17, 15) is 9.18 Å². The molecule has 2 heterocycles. The standard InChI is InChI=1S/C23H24ClFN4OS/c1-16(22(30)27-21-8-7-18(25)13-20(21)24)29-11-9-28(10-12-29)14-19-15-31-23(26-19)17-5-3-2-4-6-17/h2-8,13,15-16H,9-12,14H2,1H3,(H,27,30)/t16-/m0/s1. The van der Waals surface area contributed by atoms with Crippen molar-refractivity contribution in [1.82, 2.24) is 14.8 Å². The Labute approximate surface area is 190 Å². The van der Waals surface area contributed by atoms with E-state index in [1.165, 1.54) is 18.2 Å². The number of piperazine rings is 1. The zero-order valence-corrected chi connectivity index (χ0v) is 18.8. The Kier molecular flexibility index (Phi) is 6.97. The van der Waals surface area contributed by atoms with Gasteiger partial charge in [0, 0.05) is 43.7 Å². The molecule has 0 bridgehead atoms. The minimum absolute atomic E-state index is 0.144. The number of amides is 1. The van der Waals surface area contributed by atoms with Crippen molar-refractivity contribution in [1.29, 1.82) is 0 Å². The summed E-state index contributed by atoms with van der Waals surface area (Å²) >= 11 is 7.69. The van der Waals surface area contributed by atoms with Crippen LogP contribution in [0.5, 0.6) is 0 Å². The zero-order valence-electron chi connectivity index (χ0n) is 17.2. The molecule has 1 fully saturated rings. The summed E-state index contributed by atoms with van der Waals surface area (Å²) in [5.74, 6) is -0.572. The molecular weight excluding hydrogens is 435 g/mol. The highest BCUT2D eigenvalue weighted by Crippen LogP contribution is 2.25. The molecule has 1 N–H and O–H groups in total. The third kappa shape index (κ3) is 5.49. The molecule has 0 saturated carbocycles. The van der Waals surface area contributed by atoms with Crippen LogP contribution >= 0.6 is 22.9 Å². The molecule has 0 radical (unpaired) electrons. The molecule has 1 aromatic heterocycles. The monoisotopic (exact) mass is 458 g/mol. The molecule has 0 spiro atoms. The Hall–Kier alpha value is -2.32. The number of hydrogen-bond acceptors (Lipinski definition) is 5. The van der Waals surface area contributed by atoms with Gasteiger partial charge in [-0.3, -0.25) is 14.6 Å². The van der Waals surface area contributed by atoms with Crippen molar-refractivity contribution in [3.63, 3.8) is 0 Å². The molecule has 1 aliphatic rings. The van der Waals surface area contributed by atoms with Gasteiger partial charge in [-0.2, -0.15) is 0 Å². The summed E-state index contributed by atoms with van der Waals surface area (Å²) in [5.41, 5.74) is 2.65. The van der Waals surface area contributed by atoms with E-state index >= 15 is 0 Å². The molecular formula is C23H24ClFN4OS. The first-order valence-corrected chi connectivity index (χ1v) is 11.5. The van der Waals surface area contributed by atoms with E-state index in [2.05, 4.69) is 32.6 Å². The van der Waals surface area contributed by atoms with Crippen molar-refractivity contribution >= 4 is 34.5 Å². The van der Waals surface area contributed by atoms with Crippen LogP contribution in [0.1, 0.15) is 12.6 Å². The van der Waals surface area contributed by atoms with Gasteiger partial charge in [0.15, 0.2) is 0 Å². The van der Waals surface area contributed by atoms with E-state index in [0.29, 0.717) is 5.69 Å². The first kappa shape index (κ1) is 21.9. The topological polar surface area (TPSA) is 48.5 Å². The van der Waals surface area contributed by atoms with E-state index in [1.54, 1.807) is 11.3 Å². The van der Waals surface area contributed by atoms with Gasteiger partial charge in [-0.15, -0.1) is 11.3 Å². The molecule has 8 heteroatoms. The summed E-state index contributed by atoms with van der Waals surface area (Å²) in [4.78, 5) is 21.9. The number of carbonyl (C=O) groups excluding carboxylic acids is 1. The third-order valence-electron chi connectivity index (χ3n) is 5.48. The summed E-state index contributed by atoms with van der Waals surface area (Å²) in [6.45, 7) is 6.01. The maximum Gasteiger partial charge on any atom is 0.241 e. The lowest BCUT2D eigenvalue weighted by Gasteiger charge is -2.37. The molecule has 162 valence electrons. The van der Waals surface area contributed by atoms with Crippen molar-refractivity contribution in [2.24, 2.45) is 0 Å². The average Bonchev–Trinajstić information content (AvgIpc) is 3.25. The van der Waals surface area contributed by atoms with Crippen LogP contribution in [-0.4, -0.2) is 52.9 Å². The number of anilines is 1. The Bertz CT molecular complexity index is 1040. The van der Waals surface area contributed by atoms with Gasteiger partial charge in [-0.05, 0) is 25.1 Å². The van der Waals surface area contributed by atoms with Crippen LogP contribution in [-0.2, 0) is 11.3 Å². The molecule has 0 unspecified atom stereocenters. The third-order valence-corrected chi connectivity index (χ3v) is 6.73. The Morgan fingerprint density at radius 1 is 1.19 bits per heavy atom. The quantitative estimate of drug-likeness (QED) is 0.579. The normalized spacial score (nSPS) is 16.2. The van der Waals surface area contributed by atoms with E-state index in [4.69, 9.17) is 16.6 Å². The molecule has 5 nitrogen and oxygen atoms in total. The maximum absolute atomic E-state index is 13.2. The van der Waals surface area contributed by atoms with Crippen LogP contribution in [0.4, 0.5) is 10.1 Å². The molecule has 2 aromatic carbocycles. The van der Waals surface area contributed by atoms with Crippen LogP contribution < -0.4 is 5.32 Å². The van der Waals surface area contributed by atoms with E-state index < -0.39 is 5.82 Å². The smallest absolute Gasteiger partial charge is 0.241 e. The highest BCUT2D eigenvalue weighted by molar-refractivity contribution is 7.13. The summed E-state index contributed by atoms with van der Waals surface area (Å²) in [5, 5.41) is 6.16. The van der Waals surface area contributed by atoms with Gasteiger partial charge in [-0.25, -0.2) is 9.37 Å². The maximum atomic E-state index is 13.2. The van der Waals surface area contributed by atoms with Crippen molar-refractivity contribution in [2.75, 3.05) is 31.5 Å². The lowest BCUT2D eigenvalue weighted by molar-refractivity contribution is -0.121. The number of rotatable bonds is 6. The summed E-state index contributed by atoms with van der Waals surface area (Å²) in [6.07, 6.45) is 0. The van der Waals surface area contributed by atoms with Crippen molar-refractivity contribution in [2.45, 2.75) is 19.5 Å². The van der Waals surface area contributed by atoms with Gasteiger partial charge >= 0.3 is 0 Å². The molecule has 0 aliphatic carbocycles. The second kappa shape index (κ2) is 9.87. The molecule has 1 aliphatic heterocycles. The highest BCUT2D eigenvalue weighted by atomic mass is 35.5. The summed E-state index contributed by atoms with van der Waals surface area (Å²) < 4.78 is 13.2. The van der Waals surface area contributed by atoms with Gasteiger partial charge in [0.1, 0.15) is 10.8 Å². The molecule has 1 saturated heterocycles. The molecule has 1 amide bonds. The predicted molar refractivity (Wildman–Crippen MR) is 124 cm³/mol. The highest BCUT2D eigenvalue weighted by Gasteiger charge is 2.26. The largest absolute Gasteiger partial charge is 0.323 e. The van der Waals surface area contributed by atoms with Gasteiger partial charge in [0.25, 0.3) is 0 Å². The van der Waals surface area contributed by atoms with Crippen LogP contribution in [0.2, 0.25) is 5.02 Å². The first-order chi connectivity index (χ1) is 15.0. The Balaban J connectivity index is 1.28. The number of aromatic nitrogens is 1. The Morgan fingerprint density at radius 2 is 1.94 bits per heavy atom. The number of nitrogens with zero attached hydrogens (tertiary/aromatic N) is 3. The van der Waals surface area contributed by atoms with Crippen LogP contribution in [0.25, 0.3) is 10.6 Å². The minimum Gasteiger partial charge on any atom is -0.323 e. The fraction of sp³-hybridized carbons (Fsp3) is 0.304. The van der Waals surface area contributed by atoms with Crippen molar-refractivity contribution < 1.29 is 9.18 Å². The minimum atomic E-state index is -0.428. The number of halogens is 2. The fourth-order valence-electron chi connectivity index (χ4n) is 3.62. The number of carbonyl (C=O) groups is 1. The van der Waals surface area contributed by atoms with Crippen molar-refractivity contribution in [3.8, 4) is 10.6 Å². The van der Waals surface area contributed by atoms with Crippen LogP contribution in [0.3, 0.4) is 0 Å². The predicted octanol–water partition coefficient (Wildman–Crippen LogP) is 4.75. The lowest BCUT2D eigenvalue weighted by atomic mass is 10.2. The van der Waals surface area contributed by atoms with E-state index in [-0.39, 0.29) is 17.0 Å². The number of benzene rings is 2. The zero-order chi connectivity index (χ0) is 21.8. The van der Waals surface area contributed by atoms with Crippen LogP contribution in [0, 0.1) is 5.82 Å². The summed E-state index contributed by atoms with van der Waals surface area (Å²) in [6, 6.07) is 13.9. The van der Waals surface area contributed by atoms with Crippen LogP contribution in [0.15, 0.2) is 53.9 Å². The first-order valence-electron chi connectivity index (χ1n) is 10.2. The number of hydrogen-bond donors (Lipinski definition) is 1. The lowest BCUT2D eigenvalue weighted by Crippen LogP contribution is -2.52. The fourth-order valence-corrected chi connectivity index (χ4v) is 4.66. The molecule has 31 heavy (non-hydrogen) atoms. The van der Waals surface area contributed by atoms with E-state index in [0.717, 1.165) is 49.0 Å². The average molecular weight is 459 g/mol. The Morgan fingerprint density at radius 3 is 2.65 bits per heavy atom. The second-order valence-corrected chi connectivity index (χ2v) is 8.88. The SMILES string of the molecule is C[C@@H](C(=O)Nc1ccc(F)cc1Cl)N1CCN(Cc2csc(-c3ccccc3)n2)CC1. The van der Waals surface area contributed by atoms with Crippen molar-refractivity contribution in [3.05, 3.63) is 70.4 Å². The molecule has 4 rings (SSSR count). The summed E-state index contributed by atoms with van der Waals surface area (Å²) in [7, 11) is 0. The molecule has 3 aromatic rings. The van der Waals surface area contributed by atoms with Gasteiger partial charge < -0.3 is 5.32 Å².